The maximum Gasteiger partial charge on any atom is 0.314 e. The van der Waals surface area contributed by atoms with Gasteiger partial charge in [-0.1, -0.05) is 0 Å². The fourth-order valence-corrected chi connectivity index (χ4v) is 1.35. The summed E-state index contributed by atoms with van der Waals surface area (Å²) in [4.78, 5) is 11.1. The summed E-state index contributed by atoms with van der Waals surface area (Å²) >= 11 is 0. The fraction of sp³-hybridized carbons (Fsp3) is 0.750. The number of esters is 1. The van der Waals surface area contributed by atoms with Crippen molar-refractivity contribution in [3.63, 3.8) is 0 Å². The third-order valence-corrected chi connectivity index (χ3v) is 1.93. The zero-order valence-corrected chi connectivity index (χ0v) is 6.72. The van der Waals surface area contributed by atoms with Crippen LogP contribution < -0.4 is 0 Å². The van der Waals surface area contributed by atoms with Crippen molar-refractivity contribution in [1.29, 1.82) is 5.41 Å². The van der Waals surface area contributed by atoms with Gasteiger partial charge >= 0.3 is 5.97 Å². The van der Waals surface area contributed by atoms with Gasteiger partial charge in [0.05, 0.1) is 12.5 Å². The molecule has 0 radical (unpaired) electrons. The van der Waals surface area contributed by atoms with Crippen molar-refractivity contribution in [3.05, 3.63) is 0 Å². The monoisotopic (exact) mass is 155 g/mol. The Bertz CT molecular complexity index is 177. The van der Waals surface area contributed by atoms with E-state index in [4.69, 9.17) is 10.1 Å². The van der Waals surface area contributed by atoms with Crippen LogP contribution >= 0.6 is 0 Å². The maximum absolute atomic E-state index is 11.1. The number of carbonyl (C=O) groups is 1. The van der Waals surface area contributed by atoms with Gasteiger partial charge in [0.25, 0.3) is 0 Å². The highest BCUT2D eigenvalue weighted by atomic mass is 16.5. The maximum atomic E-state index is 11.1. The highest BCUT2D eigenvalue weighted by Crippen LogP contribution is 2.22. The minimum Gasteiger partial charge on any atom is -0.465 e. The summed E-state index contributed by atoms with van der Waals surface area (Å²) in [5.41, 5.74) is 0.545. The Kier molecular flexibility index (Phi) is 2.63. The van der Waals surface area contributed by atoms with E-state index >= 15 is 0 Å². The molecule has 1 aliphatic carbocycles. The van der Waals surface area contributed by atoms with Gasteiger partial charge in [0, 0.05) is 5.71 Å². The van der Waals surface area contributed by atoms with Crippen LogP contribution in [0.1, 0.15) is 26.2 Å². The number of nitrogens with one attached hydrogen (secondary N) is 1. The predicted octanol–water partition coefficient (Wildman–Crippen LogP) is 1.37. The van der Waals surface area contributed by atoms with Crippen LogP contribution in [0.2, 0.25) is 0 Å². The van der Waals surface area contributed by atoms with Gasteiger partial charge in [-0.25, -0.2) is 0 Å². The van der Waals surface area contributed by atoms with E-state index in [-0.39, 0.29) is 11.9 Å². The Morgan fingerprint density at radius 1 is 1.82 bits per heavy atom. The first-order valence-corrected chi connectivity index (χ1v) is 3.99. The van der Waals surface area contributed by atoms with Crippen LogP contribution in [0.4, 0.5) is 0 Å². The molecule has 1 aliphatic rings. The molecule has 0 aromatic carbocycles. The number of hydrogen-bond donors (Lipinski definition) is 1. The second-order valence-corrected chi connectivity index (χ2v) is 2.72. The van der Waals surface area contributed by atoms with Gasteiger partial charge in [-0.05, 0) is 26.2 Å². The van der Waals surface area contributed by atoms with Gasteiger partial charge < -0.3 is 10.1 Å². The smallest absolute Gasteiger partial charge is 0.314 e. The van der Waals surface area contributed by atoms with Crippen LogP contribution in [0, 0.1) is 11.3 Å². The average molecular weight is 155 g/mol. The Morgan fingerprint density at radius 3 is 3.00 bits per heavy atom. The molecule has 3 heteroatoms. The molecule has 0 bridgehead atoms. The second-order valence-electron chi connectivity index (χ2n) is 2.72. The van der Waals surface area contributed by atoms with Crippen molar-refractivity contribution < 1.29 is 9.53 Å². The highest BCUT2D eigenvalue weighted by molar-refractivity contribution is 6.01. The lowest BCUT2D eigenvalue weighted by molar-refractivity contribution is -0.145. The molecule has 1 saturated carbocycles. The molecule has 1 fully saturated rings. The third kappa shape index (κ3) is 1.79. The minimum absolute atomic E-state index is 0.213. The number of rotatable bonds is 2. The van der Waals surface area contributed by atoms with Gasteiger partial charge in [0.15, 0.2) is 0 Å². The van der Waals surface area contributed by atoms with Crippen molar-refractivity contribution in [2.45, 2.75) is 26.2 Å². The second kappa shape index (κ2) is 3.51. The predicted molar refractivity (Wildman–Crippen MR) is 41.7 cm³/mol. The minimum atomic E-state index is -0.227. The molecule has 1 atom stereocenters. The van der Waals surface area contributed by atoms with Gasteiger partial charge in [0.1, 0.15) is 0 Å². The van der Waals surface area contributed by atoms with Gasteiger partial charge in [-0.3, -0.25) is 4.79 Å². The summed E-state index contributed by atoms with van der Waals surface area (Å²) in [6.07, 6.45) is 2.53. The Balaban J connectivity index is 2.46. The van der Waals surface area contributed by atoms with Gasteiger partial charge in [-0.15, -0.1) is 0 Å². The van der Waals surface area contributed by atoms with Crippen molar-refractivity contribution in [3.8, 4) is 0 Å². The highest BCUT2D eigenvalue weighted by Gasteiger charge is 2.28. The molecule has 3 nitrogen and oxygen atoms in total. The molecule has 0 aromatic heterocycles. The van der Waals surface area contributed by atoms with Gasteiger partial charge in [-0.2, -0.15) is 0 Å². The molecule has 0 heterocycles. The van der Waals surface area contributed by atoms with Crippen molar-refractivity contribution in [1.82, 2.24) is 0 Å². The number of ether oxygens (including phenoxy) is 1. The Morgan fingerprint density at radius 2 is 2.55 bits per heavy atom. The molecule has 1 rings (SSSR count). The van der Waals surface area contributed by atoms with E-state index in [1.165, 1.54) is 0 Å². The van der Waals surface area contributed by atoms with Crippen molar-refractivity contribution in [2.75, 3.05) is 6.61 Å². The summed E-state index contributed by atoms with van der Waals surface area (Å²) in [5, 5.41) is 7.41. The molecule has 0 aromatic rings. The lowest BCUT2D eigenvalue weighted by Gasteiger charge is -2.07. The zero-order valence-electron chi connectivity index (χ0n) is 6.72. The summed E-state index contributed by atoms with van der Waals surface area (Å²) in [6, 6.07) is 0. The van der Waals surface area contributed by atoms with E-state index in [1.54, 1.807) is 6.92 Å². The first-order valence-electron chi connectivity index (χ1n) is 3.99. The first kappa shape index (κ1) is 8.24. The lowest BCUT2D eigenvalue weighted by atomic mass is 10.1. The quantitative estimate of drug-likeness (QED) is 0.612. The van der Waals surface area contributed by atoms with E-state index in [9.17, 15) is 4.79 Å². The molecule has 1 N–H and O–H groups in total. The summed E-state index contributed by atoms with van der Waals surface area (Å²) in [6.45, 7) is 2.21. The Labute approximate surface area is 66.2 Å². The summed E-state index contributed by atoms with van der Waals surface area (Å²) in [5.74, 6) is -0.440. The van der Waals surface area contributed by atoms with Crippen molar-refractivity contribution >= 4 is 11.7 Å². The van der Waals surface area contributed by atoms with Crippen LogP contribution in [0.15, 0.2) is 0 Å². The molecular formula is C8H13NO2. The molecule has 0 aliphatic heterocycles. The average Bonchev–Trinajstić information content (AvgIpc) is 2.36. The lowest BCUT2D eigenvalue weighted by Crippen LogP contribution is -2.20. The first-order chi connectivity index (χ1) is 5.25. The number of hydrogen-bond acceptors (Lipinski definition) is 3. The van der Waals surface area contributed by atoms with Crippen LogP contribution in [-0.2, 0) is 9.53 Å². The van der Waals surface area contributed by atoms with Crippen LogP contribution in [0.25, 0.3) is 0 Å². The number of carbonyl (C=O) groups excluding carboxylic acids is 1. The van der Waals surface area contributed by atoms with E-state index in [0.29, 0.717) is 12.3 Å². The zero-order chi connectivity index (χ0) is 8.27. The van der Waals surface area contributed by atoms with Crippen LogP contribution in [0.5, 0.6) is 0 Å². The SMILES string of the molecule is CCOC(=O)[C@@H]1CCCC1=N. The van der Waals surface area contributed by atoms with E-state index < -0.39 is 0 Å². The van der Waals surface area contributed by atoms with Crippen molar-refractivity contribution in [2.24, 2.45) is 5.92 Å². The largest absolute Gasteiger partial charge is 0.465 e. The molecule has 0 saturated heterocycles. The van der Waals surface area contributed by atoms with Crippen LogP contribution in [-0.4, -0.2) is 18.3 Å². The topological polar surface area (TPSA) is 50.2 Å². The molecule has 62 valence electrons. The summed E-state index contributed by atoms with van der Waals surface area (Å²) < 4.78 is 4.82. The molecule has 0 amide bonds. The van der Waals surface area contributed by atoms with E-state index in [0.717, 1.165) is 19.3 Å². The summed E-state index contributed by atoms with van der Waals surface area (Å²) in [7, 11) is 0. The molecule has 0 spiro atoms. The molecule has 0 unspecified atom stereocenters. The van der Waals surface area contributed by atoms with E-state index in [1.807, 2.05) is 0 Å². The normalized spacial score (nSPS) is 23.7. The third-order valence-electron chi connectivity index (χ3n) is 1.93. The Hall–Kier alpha value is -0.860. The fourth-order valence-electron chi connectivity index (χ4n) is 1.35. The van der Waals surface area contributed by atoms with E-state index in [2.05, 4.69) is 0 Å². The van der Waals surface area contributed by atoms with Gasteiger partial charge in [0.2, 0.25) is 0 Å². The standard InChI is InChI=1S/C8H13NO2/c1-2-11-8(10)6-4-3-5-7(6)9/h6,9H,2-5H2,1H3/t6-/m1/s1. The molecule has 11 heavy (non-hydrogen) atoms. The molecular weight excluding hydrogens is 142 g/mol. The van der Waals surface area contributed by atoms with Crippen LogP contribution in [0.3, 0.4) is 0 Å².